The van der Waals surface area contributed by atoms with Crippen molar-refractivity contribution in [2.24, 2.45) is 5.73 Å². The smallest absolute Gasteiger partial charge is 0.253 e. The minimum Gasteiger partial charge on any atom is -0.393 e. The Kier molecular flexibility index (Phi) is 4.85. The van der Waals surface area contributed by atoms with Crippen molar-refractivity contribution in [2.75, 3.05) is 11.9 Å². The van der Waals surface area contributed by atoms with E-state index in [9.17, 15) is 14.7 Å². The molecule has 1 aliphatic carbocycles. The first-order valence-corrected chi connectivity index (χ1v) is 9.82. The van der Waals surface area contributed by atoms with Crippen molar-refractivity contribution in [3.8, 4) is 5.69 Å². The van der Waals surface area contributed by atoms with Crippen molar-refractivity contribution in [2.45, 2.75) is 51.2 Å². The lowest BCUT2D eigenvalue weighted by molar-refractivity contribution is 0.0944. The number of fused-ring (bicyclic) bond motifs is 1. The molecule has 0 radical (unpaired) electrons. The maximum absolute atomic E-state index is 12.2. The molecule has 1 fully saturated rings. The average molecular weight is 382 g/mol. The van der Waals surface area contributed by atoms with Gasteiger partial charge in [-0.25, -0.2) is 0 Å². The van der Waals surface area contributed by atoms with Gasteiger partial charge in [0.15, 0.2) is 0 Å². The van der Waals surface area contributed by atoms with E-state index >= 15 is 0 Å². The number of benzene rings is 1. The van der Waals surface area contributed by atoms with Gasteiger partial charge in [0.05, 0.1) is 17.2 Å². The largest absolute Gasteiger partial charge is 0.393 e. The number of hydrogen-bond acceptors (Lipinski definition) is 4. The topological polar surface area (TPSA) is 109 Å². The highest BCUT2D eigenvalue weighted by molar-refractivity contribution is 5.99. The molecule has 0 unspecified atom stereocenters. The van der Waals surface area contributed by atoms with Gasteiger partial charge in [-0.2, -0.15) is 0 Å². The van der Waals surface area contributed by atoms with Crippen LogP contribution in [0.3, 0.4) is 0 Å². The fourth-order valence-electron chi connectivity index (χ4n) is 4.31. The average Bonchev–Trinajstić information content (AvgIpc) is 3.01. The van der Waals surface area contributed by atoms with Crippen LogP contribution in [0.15, 0.2) is 24.4 Å². The second-order valence-electron chi connectivity index (χ2n) is 7.75. The second kappa shape index (κ2) is 7.31. The summed E-state index contributed by atoms with van der Waals surface area (Å²) in [6, 6.07) is 5.73. The Bertz CT molecular complexity index is 926. The Labute approximate surface area is 163 Å². The molecule has 1 aliphatic heterocycles. The molecule has 5 N–H and O–H groups in total. The first-order chi connectivity index (χ1) is 13.4. The first-order valence-electron chi connectivity index (χ1n) is 9.82. The monoisotopic (exact) mass is 382 g/mol. The van der Waals surface area contributed by atoms with Crippen LogP contribution in [0.1, 0.15) is 57.7 Å². The molecule has 4 rings (SSSR count). The third-order valence-corrected chi connectivity index (χ3v) is 5.77. The molecule has 2 aromatic rings. The van der Waals surface area contributed by atoms with Gasteiger partial charge in [0.25, 0.3) is 11.8 Å². The van der Waals surface area contributed by atoms with Crippen LogP contribution in [0.25, 0.3) is 5.69 Å². The Morgan fingerprint density at radius 2 is 2.04 bits per heavy atom. The highest BCUT2D eigenvalue weighted by Crippen LogP contribution is 2.29. The summed E-state index contributed by atoms with van der Waals surface area (Å²) < 4.78 is 2.03. The number of aromatic nitrogens is 1. The van der Waals surface area contributed by atoms with E-state index in [2.05, 4.69) is 10.6 Å². The number of nitrogens with one attached hydrogen (secondary N) is 2. The van der Waals surface area contributed by atoms with Crippen LogP contribution in [0, 0.1) is 6.92 Å². The number of aliphatic hydroxyl groups excluding tert-OH is 1. The van der Waals surface area contributed by atoms with E-state index in [1.54, 1.807) is 6.07 Å². The van der Waals surface area contributed by atoms with Gasteiger partial charge >= 0.3 is 0 Å². The number of carbonyl (C=O) groups is 2. The van der Waals surface area contributed by atoms with Crippen molar-refractivity contribution < 1.29 is 14.7 Å². The van der Waals surface area contributed by atoms with Gasteiger partial charge in [-0.1, -0.05) is 0 Å². The highest BCUT2D eigenvalue weighted by atomic mass is 16.3. The molecule has 1 aromatic heterocycles. The number of amides is 2. The molecule has 7 nitrogen and oxygen atoms in total. The summed E-state index contributed by atoms with van der Waals surface area (Å²) in [5.41, 5.74) is 10.3. The van der Waals surface area contributed by atoms with E-state index in [0.717, 1.165) is 54.6 Å². The Hall–Kier alpha value is -2.80. The van der Waals surface area contributed by atoms with Crippen molar-refractivity contribution >= 4 is 17.5 Å². The number of primary amides is 1. The molecule has 0 spiro atoms. The van der Waals surface area contributed by atoms with E-state index in [4.69, 9.17) is 5.73 Å². The van der Waals surface area contributed by atoms with Gasteiger partial charge in [0, 0.05) is 42.3 Å². The molecule has 1 aromatic carbocycles. The Balaban J connectivity index is 1.71. The van der Waals surface area contributed by atoms with E-state index in [1.807, 2.05) is 29.8 Å². The number of hydrogen-bond donors (Lipinski definition) is 4. The standard InChI is InChI=1S/C21H26N4O3/c1-12-11-25(18-8-9-23-21(28)19(12)18)14-4-7-16(20(22)27)17(10-14)24-13-2-5-15(26)6-3-13/h4,7,10-11,13,15,24,26H,2-3,5-6,8-9H2,1H3,(H2,22,27)(H,23,28). The third kappa shape index (κ3) is 3.38. The van der Waals surface area contributed by atoms with Gasteiger partial charge in [0.1, 0.15) is 0 Å². The SMILES string of the molecule is Cc1cn(-c2ccc(C(N)=O)c(NC3CCC(O)CC3)c2)c2c1C(=O)NCC2. The molecular weight excluding hydrogens is 356 g/mol. The highest BCUT2D eigenvalue weighted by Gasteiger charge is 2.25. The Morgan fingerprint density at radius 3 is 2.75 bits per heavy atom. The maximum Gasteiger partial charge on any atom is 0.253 e. The Morgan fingerprint density at radius 1 is 1.29 bits per heavy atom. The van der Waals surface area contributed by atoms with Gasteiger partial charge in [-0.3, -0.25) is 9.59 Å². The van der Waals surface area contributed by atoms with Gasteiger partial charge in [-0.05, 0) is 56.4 Å². The lowest BCUT2D eigenvalue weighted by atomic mass is 9.92. The van der Waals surface area contributed by atoms with Crippen LogP contribution in [0.5, 0.6) is 0 Å². The number of aliphatic hydroxyl groups is 1. The van der Waals surface area contributed by atoms with Gasteiger partial charge in [-0.15, -0.1) is 0 Å². The number of carbonyl (C=O) groups excluding carboxylic acids is 2. The van der Waals surface area contributed by atoms with Crippen LogP contribution in [-0.2, 0) is 6.42 Å². The molecular formula is C21H26N4O3. The minimum absolute atomic E-state index is 0.0367. The van der Waals surface area contributed by atoms with Crippen LogP contribution in [0.2, 0.25) is 0 Å². The summed E-state index contributed by atoms with van der Waals surface area (Å²) >= 11 is 0. The number of nitrogens with zero attached hydrogens (tertiary/aromatic N) is 1. The lowest BCUT2D eigenvalue weighted by Gasteiger charge is -2.28. The fraction of sp³-hybridized carbons (Fsp3) is 0.429. The van der Waals surface area contributed by atoms with Crippen molar-refractivity contribution in [1.29, 1.82) is 0 Å². The molecule has 2 aliphatic rings. The summed E-state index contributed by atoms with van der Waals surface area (Å²) in [6.45, 7) is 2.55. The van der Waals surface area contributed by atoms with Gasteiger partial charge < -0.3 is 26.0 Å². The first kappa shape index (κ1) is 18.6. The molecule has 2 heterocycles. The molecule has 0 atom stereocenters. The molecule has 0 saturated heterocycles. The molecule has 2 amide bonds. The summed E-state index contributed by atoms with van der Waals surface area (Å²) in [7, 11) is 0. The fourth-order valence-corrected chi connectivity index (χ4v) is 4.31. The van der Waals surface area contributed by atoms with E-state index in [-0.39, 0.29) is 18.1 Å². The van der Waals surface area contributed by atoms with E-state index in [0.29, 0.717) is 17.8 Å². The van der Waals surface area contributed by atoms with Crippen LogP contribution in [-0.4, -0.2) is 40.2 Å². The van der Waals surface area contributed by atoms with Crippen molar-refractivity contribution in [1.82, 2.24) is 9.88 Å². The van der Waals surface area contributed by atoms with E-state index < -0.39 is 5.91 Å². The third-order valence-electron chi connectivity index (χ3n) is 5.77. The van der Waals surface area contributed by atoms with Crippen LogP contribution >= 0.6 is 0 Å². The lowest BCUT2D eigenvalue weighted by Crippen LogP contribution is -2.32. The maximum atomic E-state index is 12.2. The second-order valence-corrected chi connectivity index (χ2v) is 7.75. The minimum atomic E-state index is -0.477. The predicted molar refractivity (Wildman–Crippen MR) is 107 cm³/mol. The molecule has 7 heteroatoms. The summed E-state index contributed by atoms with van der Waals surface area (Å²) in [4.78, 5) is 24.2. The normalized spacial score (nSPS) is 21.7. The number of nitrogens with two attached hydrogens (primary N) is 1. The van der Waals surface area contributed by atoms with Crippen LogP contribution in [0.4, 0.5) is 5.69 Å². The number of anilines is 1. The number of aryl methyl sites for hydroxylation is 1. The zero-order valence-corrected chi connectivity index (χ0v) is 16.0. The zero-order valence-electron chi connectivity index (χ0n) is 16.0. The summed E-state index contributed by atoms with van der Waals surface area (Å²) in [5.74, 6) is -0.514. The van der Waals surface area contributed by atoms with E-state index in [1.165, 1.54) is 0 Å². The molecule has 1 saturated carbocycles. The molecule has 0 bridgehead atoms. The van der Waals surface area contributed by atoms with Crippen LogP contribution < -0.4 is 16.4 Å². The van der Waals surface area contributed by atoms with Gasteiger partial charge in [0.2, 0.25) is 0 Å². The zero-order chi connectivity index (χ0) is 19.8. The van der Waals surface area contributed by atoms with Crippen molar-refractivity contribution in [3.05, 3.63) is 46.8 Å². The molecule has 148 valence electrons. The summed E-state index contributed by atoms with van der Waals surface area (Å²) in [6.07, 6.45) is 5.70. The predicted octanol–water partition coefficient (Wildman–Crippen LogP) is 1.89. The summed E-state index contributed by atoms with van der Waals surface area (Å²) in [5, 5.41) is 16.1. The molecule has 28 heavy (non-hydrogen) atoms. The van der Waals surface area contributed by atoms with Crippen molar-refractivity contribution in [3.63, 3.8) is 0 Å². The number of rotatable bonds is 4. The quantitative estimate of drug-likeness (QED) is 0.647.